The van der Waals surface area contributed by atoms with Crippen LogP contribution in [0, 0.1) is 12.7 Å². The largest absolute Gasteiger partial charge is 0.390 e. The fourth-order valence-corrected chi connectivity index (χ4v) is 3.13. The number of hydrogen-bond acceptors (Lipinski definition) is 6. The van der Waals surface area contributed by atoms with Gasteiger partial charge in [0.2, 0.25) is 5.16 Å². The maximum atomic E-state index is 13.5. The standard InChI is InChI=1S/C18H19FN4O2S/c1-13-5-4-7-15(9-13)23-18(20-21-22-23)26-12-16(24)11-25-10-14-6-2-3-8-17(14)19/h2-9,16,24H,10-12H2,1H3/t16-/m1/s1. The van der Waals surface area contributed by atoms with E-state index < -0.39 is 6.10 Å². The highest BCUT2D eigenvalue weighted by molar-refractivity contribution is 7.99. The van der Waals surface area contributed by atoms with E-state index in [1.165, 1.54) is 17.8 Å². The van der Waals surface area contributed by atoms with Crippen LogP contribution in [0.3, 0.4) is 0 Å². The highest BCUT2D eigenvalue weighted by Crippen LogP contribution is 2.19. The van der Waals surface area contributed by atoms with Crippen molar-refractivity contribution in [2.24, 2.45) is 0 Å². The molecular formula is C18H19FN4O2S. The minimum absolute atomic E-state index is 0.105. The Morgan fingerprint density at radius 3 is 2.88 bits per heavy atom. The third-order valence-electron chi connectivity index (χ3n) is 3.62. The Labute approximate surface area is 155 Å². The SMILES string of the molecule is Cc1cccc(-n2nnnc2SC[C@H](O)COCc2ccccc2F)c1. The minimum atomic E-state index is -0.713. The van der Waals surface area contributed by atoms with Crippen LogP contribution in [0.25, 0.3) is 5.69 Å². The van der Waals surface area contributed by atoms with Crippen LogP contribution in [0.2, 0.25) is 0 Å². The van der Waals surface area contributed by atoms with Crippen molar-refractivity contribution < 1.29 is 14.2 Å². The first kappa shape index (κ1) is 18.5. The molecule has 0 unspecified atom stereocenters. The van der Waals surface area contributed by atoms with Gasteiger partial charge < -0.3 is 9.84 Å². The molecular weight excluding hydrogens is 355 g/mol. The summed E-state index contributed by atoms with van der Waals surface area (Å²) in [6.07, 6.45) is -0.713. The molecule has 0 amide bonds. The van der Waals surface area contributed by atoms with E-state index in [9.17, 15) is 9.50 Å². The van der Waals surface area contributed by atoms with E-state index in [0.717, 1.165) is 11.3 Å². The molecule has 3 rings (SSSR count). The third-order valence-corrected chi connectivity index (χ3v) is 4.68. The number of thioether (sulfide) groups is 1. The number of benzene rings is 2. The molecule has 2 aromatic carbocycles. The third kappa shape index (κ3) is 4.87. The molecule has 8 heteroatoms. The summed E-state index contributed by atoms with van der Waals surface area (Å²) in [5.41, 5.74) is 2.44. The molecule has 1 atom stereocenters. The van der Waals surface area contributed by atoms with Gasteiger partial charge >= 0.3 is 0 Å². The Balaban J connectivity index is 1.50. The quantitative estimate of drug-likeness (QED) is 0.611. The Kier molecular flexibility index (Phi) is 6.32. The van der Waals surface area contributed by atoms with Crippen molar-refractivity contribution >= 4 is 11.8 Å². The van der Waals surface area contributed by atoms with Gasteiger partial charge in [-0.15, -0.1) is 5.10 Å². The highest BCUT2D eigenvalue weighted by atomic mass is 32.2. The van der Waals surface area contributed by atoms with Gasteiger partial charge in [-0.1, -0.05) is 42.1 Å². The molecule has 0 aliphatic carbocycles. The summed E-state index contributed by atoms with van der Waals surface area (Å²) in [5, 5.41) is 22.4. The topological polar surface area (TPSA) is 73.1 Å². The molecule has 3 aromatic rings. The van der Waals surface area contributed by atoms with E-state index in [-0.39, 0.29) is 19.0 Å². The molecule has 26 heavy (non-hydrogen) atoms. The van der Waals surface area contributed by atoms with Crippen LogP contribution < -0.4 is 0 Å². The number of aryl methyl sites for hydroxylation is 1. The molecule has 136 valence electrons. The number of aliphatic hydroxyl groups is 1. The lowest BCUT2D eigenvalue weighted by molar-refractivity contribution is 0.0386. The Morgan fingerprint density at radius 1 is 1.23 bits per heavy atom. The molecule has 0 spiro atoms. The first-order chi connectivity index (χ1) is 12.6. The number of nitrogens with zero attached hydrogens (tertiary/aromatic N) is 4. The lowest BCUT2D eigenvalue weighted by atomic mass is 10.2. The van der Waals surface area contributed by atoms with Gasteiger partial charge in [0.1, 0.15) is 5.82 Å². The lowest BCUT2D eigenvalue weighted by Gasteiger charge is -2.11. The Bertz CT molecular complexity index is 858. The normalized spacial score (nSPS) is 12.3. The van der Waals surface area contributed by atoms with E-state index in [2.05, 4.69) is 15.5 Å². The summed E-state index contributed by atoms with van der Waals surface area (Å²) < 4.78 is 20.5. The fraction of sp³-hybridized carbons (Fsp3) is 0.278. The van der Waals surface area contributed by atoms with E-state index in [4.69, 9.17) is 4.74 Å². The summed E-state index contributed by atoms with van der Waals surface area (Å²) in [7, 11) is 0. The van der Waals surface area contributed by atoms with Crippen LogP contribution in [0.5, 0.6) is 0 Å². The lowest BCUT2D eigenvalue weighted by Crippen LogP contribution is -2.18. The zero-order chi connectivity index (χ0) is 18.4. The number of tetrazole rings is 1. The second kappa shape index (κ2) is 8.88. The van der Waals surface area contributed by atoms with Crippen LogP contribution >= 0.6 is 11.8 Å². The summed E-state index contributed by atoms with van der Waals surface area (Å²) >= 11 is 1.33. The Morgan fingerprint density at radius 2 is 2.08 bits per heavy atom. The minimum Gasteiger partial charge on any atom is -0.390 e. The average molecular weight is 374 g/mol. The second-order valence-electron chi connectivity index (χ2n) is 5.78. The van der Waals surface area contributed by atoms with Crippen molar-refractivity contribution in [2.75, 3.05) is 12.4 Å². The van der Waals surface area contributed by atoms with Gasteiger partial charge in [0, 0.05) is 11.3 Å². The van der Waals surface area contributed by atoms with Gasteiger partial charge in [0.15, 0.2) is 0 Å². The first-order valence-electron chi connectivity index (χ1n) is 8.11. The second-order valence-corrected chi connectivity index (χ2v) is 6.77. The highest BCUT2D eigenvalue weighted by Gasteiger charge is 2.13. The zero-order valence-electron chi connectivity index (χ0n) is 14.2. The molecule has 1 aromatic heterocycles. The smallest absolute Gasteiger partial charge is 0.214 e. The van der Waals surface area contributed by atoms with Crippen molar-refractivity contribution in [1.82, 2.24) is 20.2 Å². The molecule has 0 aliphatic heterocycles. The molecule has 1 N–H and O–H groups in total. The number of rotatable bonds is 8. The van der Waals surface area contributed by atoms with Crippen molar-refractivity contribution in [3.05, 3.63) is 65.5 Å². The van der Waals surface area contributed by atoms with E-state index in [1.807, 2.05) is 31.2 Å². The number of aliphatic hydroxyl groups excluding tert-OH is 1. The van der Waals surface area contributed by atoms with E-state index >= 15 is 0 Å². The number of hydrogen-bond donors (Lipinski definition) is 1. The summed E-state index contributed by atoms with van der Waals surface area (Å²) in [6.45, 7) is 2.22. The van der Waals surface area contributed by atoms with E-state index in [1.54, 1.807) is 22.9 Å². The summed E-state index contributed by atoms with van der Waals surface area (Å²) in [4.78, 5) is 0. The van der Waals surface area contributed by atoms with Crippen LogP contribution in [-0.2, 0) is 11.3 Å². The van der Waals surface area contributed by atoms with Gasteiger partial charge in [-0.05, 0) is 41.1 Å². The monoisotopic (exact) mass is 374 g/mol. The zero-order valence-corrected chi connectivity index (χ0v) is 15.1. The van der Waals surface area contributed by atoms with Crippen molar-refractivity contribution in [3.63, 3.8) is 0 Å². The van der Waals surface area contributed by atoms with Gasteiger partial charge in [-0.25, -0.2) is 4.39 Å². The first-order valence-corrected chi connectivity index (χ1v) is 9.09. The van der Waals surface area contributed by atoms with Crippen LogP contribution in [0.1, 0.15) is 11.1 Å². The van der Waals surface area contributed by atoms with Gasteiger partial charge in [-0.3, -0.25) is 0 Å². The van der Waals surface area contributed by atoms with Crippen molar-refractivity contribution in [1.29, 1.82) is 0 Å². The maximum Gasteiger partial charge on any atom is 0.214 e. The van der Waals surface area contributed by atoms with Crippen LogP contribution in [0.15, 0.2) is 53.7 Å². The van der Waals surface area contributed by atoms with Crippen molar-refractivity contribution in [2.45, 2.75) is 24.8 Å². The van der Waals surface area contributed by atoms with Crippen molar-refractivity contribution in [3.8, 4) is 5.69 Å². The molecule has 0 bridgehead atoms. The van der Waals surface area contributed by atoms with Gasteiger partial charge in [-0.2, -0.15) is 4.68 Å². The molecule has 6 nitrogen and oxygen atoms in total. The molecule has 0 saturated heterocycles. The average Bonchev–Trinajstić information content (AvgIpc) is 3.10. The van der Waals surface area contributed by atoms with Crippen LogP contribution in [-0.4, -0.2) is 43.8 Å². The predicted octanol–water partition coefficient (Wildman–Crippen LogP) is 2.78. The van der Waals surface area contributed by atoms with Gasteiger partial charge in [0.05, 0.1) is 25.0 Å². The maximum absolute atomic E-state index is 13.5. The Hall–Kier alpha value is -2.29. The molecule has 0 fully saturated rings. The molecule has 0 saturated carbocycles. The number of halogens is 1. The number of aromatic nitrogens is 4. The summed E-state index contributed by atoms with van der Waals surface area (Å²) in [6, 6.07) is 14.3. The predicted molar refractivity (Wildman–Crippen MR) is 96.7 cm³/mol. The number of ether oxygens (including phenoxy) is 1. The molecule has 0 radical (unpaired) electrons. The van der Waals surface area contributed by atoms with Crippen LogP contribution in [0.4, 0.5) is 4.39 Å². The summed E-state index contributed by atoms with van der Waals surface area (Å²) in [5.74, 6) is 0.0532. The van der Waals surface area contributed by atoms with Gasteiger partial charge in [0.25, 0.3) is 0 Å². The molecule has 0 aliphatic rings. The van der Waals surface area contributed by atoms with E-state index in [0.29, 0.717) is 16.5 Å². The fourth-order valence-electron chi connectivity index (χ4n) is 2.33. The molecule has 1 heterocycles.